The normalized spacial score (nSPS) is 26.5. The molecule has 1 N–H and O–H groups in total. The Balaban J connectivity index is 1.66. The van der Waals surface area contributed by atoms with Crippen molar-refractivity contribution in [3.05, 3.63) is 30.3 Å². The van der Waals surface area contributed by atoms with Crippen molar-refractivity contribution in [3.63, 3.8) is 0 Å². The smallest absolute Gasteiger partial charge is 0.306 e. The summed E-state index contributed by atoms with van der Waals surface area (Å²) in [6, 6.07) is 9.00. The van der Waals surface area contributed by atoms with Crippen LogP contribution in [-0.4, -0.2) is 47.4 Å². The fourth-order valence-electron chi connectivity index (χ4n) is 3.97. The van der Waals surface area contributed by atoms with Crippen LogP contribution >= 0.6 is 0 Å². The molecule has 1 saturated carbocycles. The zero-order chi connectivity index (χ0) is 18.0. The number of anilines is 1. The molecule has 0 aromatic heterocycles. The van der Waals surface area contributed by atoms with Crippen molar-refractivity contribution >= 4 is 23.5 Å². The molecule has 0 bridgehead atoms. The molecule has 3 rings (SSSR count). The molecule has 134 valence electrons. The number of nitrogens with zero attached hydrogens (tertiary/aromatic N) is 2. The molecule has 2 aliphatic rings. The largest absolute Gasteiger partial charge is 0.481 e. The number of hydrogen-bond donors (Lipinski definition) is 1. The SMILES string of the molecule is CN(C(=O)C1CCCC(C(=O)O)C1)C1CCN(c2ccccc2)C1=O. The monoisotopic (exact) mass is 344 g/mol. The van der Waals surface area contributed by atoms with Gasteiger partial charge in [-0.05, 0) is 37.8 Å². The van der Waals surface area contributed by atoms with Gasteiger partial charge in [0.15, 0.2) is 0 Å². The molecular formula is C19H24N2O4. The van der Waals surface area contributed by atoms with E-state index in [0.717, 1.165) is 12.1 Å². The zero-order valence-electron chi connectivity index (χ0n) is 14.4. The Morgan fingerprint density at radius 3 is 2.48 bits per heavy atom. The maximum absolute atomic E-state index is 12.8. The molecule has 1 aromatic carbocycles. The van der Waals surface area contributed by atoms with Gasteiger partial charge >= 0.3 is 5.97 Å². The van der Waals surface area contributed by atoms with Crippen LogP contribution in [-0.2, 0) is 14.4 Å². The first-order valence-corrected chi connectivity index (χ1v) is 8.85. The molecular weight excluding hydrogens is 320 g/mol. The lowest BCUT2D eigenvalue weighted by atomic mass is 9.80. The number of para-hydroxylation sites is 1. The van der Waals surface area contributed by atoms with Gasteiger partial charge in [-0.1, -0.05) is 24.6 Å². The topological polar surface area (TPSA) is 77.9 Å². The van der Waals surface area contributed by atoms with Gasteiger partial charge in [-0.2, -0.15) is 0 Å². The first kappa shape index (κ1) is 17.5. The average molecular weight is 344 g/mol. The van der Waals surface area contributed by atoms with E-state index in [0.29, 0.717) is 32.2 Å². The molecule has 6 nitrogen and oxygen atoms in total. The maximum Gasteiger partial charge on any atom is 0.306 e. The minimum atomic E-state index is -0.827. The fourth-order valence-corrected chi connectivity index (χ4v) is 3.97. The predicted molar refractivity (Wildman–Crippen MR) is 93.1 cm³/mol. The summed E-state index contributed by atoms with van der Waals surface area (Å²) in [6.07, 6.45) is 3.06. The standard InChI is InChI=1S/C19H24N2O4/c1-20(17(22)13-6-5-7-14(12-13)19(24)25)16-10-11-21(18(16)23)15-8-3-2-4-9-15/h2-4,8-9,13-14,16H,5-7,10-12H2,1H3,(H,24,25). The Labute approximate surface area is 147 Å². The molecule has 25 heavy (non-hydrogen) atoms. The summed E-state index contributed by atoms with van der Waals surface area (Å²) < 4.78 is 0. The molecule has 0 spiro atoms. The predicted octanol–water partition coefficient (Wildman–Crippen LogP) is 2.14. The van der Waals surface area contributed by atoms with Crippen molar-refractivity contribution in [1.29, 1.82) is 0 Å². The molecule has 1 aromatic rings. The van der Waals surface area contributed by atoms with Gasteiger partial charge in [0.05, 0.1) is 5.92 Å². The summed E-state index contributed by atoms with van der Waals surface area (Å²) >= 11 is 0. The van der Waals surface area contributed by atoms with Crippen LogP contribution in [0.25, 0.3) is 0 Å². The number of carboxylic acid groups (broad SMARTS) is 1. The third kappa shape index (κ3) is 3.52. The van der Waals surface area contributed by atoms with E-state index in [1.165, 1.54) is 0 Å². The Morgan fingerprint density at radius 1 is 1.12 bits per heavy atom. The van der Waals surface area contributed by atoms with Crippen LogP contribution in [0.15, 0.2) is 30.3 Å². The summed E-state index contributed by atoms with van der Waals surface area (Å²) in [4.78, 5) is 40.0. The Morgan fingerprint density at radius 2 is 1.80 bits per heavy atom. The van der Waals surface area contributed by atoms with Crippen LogP contribution in [0.3, 0.4) is 0 Å². The minimum absolute atomic E-state index is 0.0624. The van der Waals surface area contributed by atoms with Gasteiger partial charge < -0.3 is 14.9 Å². The van der Waals surface area contributed by atoms with E-state index in [4.69, 9.17) is 0 Å². The summed E-state index contributed by atoms with van der Waals surface area (Å²) in [5.41, 5.74) is 0.847. The van der Waals surface area contributed by atoms with Gasteiger partial charge in [-0.3, -0.25) is 14.4 Å². The molecule has 0 radical (unpaired) electrons. The molecule has 1 aliphatic carbocycles. The van der Waals surface area contributed by atoms with Gasteiger partial charge in [0.25, 0.3) is 0 Å². The number of benzene rings is 1. The highest BCUT2D eigenvalue weighted by Gasteiger charge is 2.40. The second kappa shape index (κ2) is 7.25. The van der Waals surface area contributed by atoms with Crippen molar-refractivity contribution in [2.24, 2.45) is 11.8 Å². The molecule has 1 heterocycles. The first-order chi connectivity index (χ1) is 12.0. The number of carbonyl (C=O) groups is 3. The van der Waals surface area contributed by atoms with Gasteiger partial charge in [-0.25, -0.2) is 0 Å². The lowest BCUT2D eigenvalue weighted by molar-refractivity contribution is -0.146. The number of hydrogen-bond acceptors (Lipinski definition) is 3. The fraction of sp³-hybridized carbons (Fsp3) is 0.526. The molecule has 2 amide bonds. The van der Waals surface area contributed by atoms with Gasteiger partial charge in [-0.15, -0.1) is 0 Å². The number of amides is 2. The number of rotatable bonds is 4. The van der Waals surface area contributed by atoms with Crippen LogP contribution < -0.4 is 4.90 Å². The van der Waals surface area contributed by atoms with Crippen LogP contribution in [0, 0.1) is 11.8 Å². The average Bonchev–Trinajstić information content (AvgIpc) is 3.02. The van der Waals surface area contributed by atoms with E-state index in [2.05, 4.69) is 0 Å². The quantitative estimate of drug-likeness (QED) is 0.908. The van der Waals surface area contributed by atoms with E-state index in [1.807, 2.05) is 30.3 Å². The minimum Gasteiger partial charge on any atom is -0.481 e. The van der Waals surface area contributed by atoms with Crippen LogP contribution in [0.5, 0.6) is 0 Å². The summed E-state index contributed by atoms with van der Waals surface area (Å²) in [6.45, 7) is 0.591. The maximum atomic E-state index is 12.8. The second-order valence-corrected chi connectivity index (χ2v) is 6.98. The Hall–Kier alpha value is -2.37. The van der Waals surface area contributed by atoms with Gasteiger partial charge in [0.2, 0.25) is 11.8 Å². The molecule has 2 fully saturated rings. The molecule has 1 aliphatic heterocycles. The summed E-state index contributed by atoms with van der Waals surface area (Å²) in [5.74, 6) is -1.73. The number of likely N-dealkylation sites (N-methyl/N-ethyl adjacent to an activating group) is 1. The molecule has 3 unspecified atom stereocenters. The van der Waals surface area contributed by atoms with E-state index < -0.39 is 17.9 Å². The van der Waals surface area contributed by atoms with E-state index in [1.54, 1.807) is 16.8 Å². The summed E-state index contributed by atoms with van der Waals surface area (Å²) in [5, 5.41) is 9.21. The van der Waals surface area contributed by atoms with Crippen LogP contribution in [0.2, 0.25) is 0 Å². The van der Waals surface area contributed by atoms with E-state index in [9.17, 15) is 19.5 Å². The Bertz CT molecular complexity index is 661. The number of carbonyl (C=O) groups excluding carboxylic acids is 2. The van der Waals surface area contributed by atoms with Crippen molar-refractivity contribution in [2.45, 2.75) is 38.1 Å². The van der Waals surface area contributed by atoms with Gasteiger partial charge in [0.1, 0.15) is 6.04 Å². The highest BCUT2D eigenvalue weighted by atomic mass is 16.4. The molecule has 6 heteroatoms. The van der Waals surface area contributed by atoms with E-state index >= 15 is 0 Å². The Kier molecular flexibility index (Phi) is 5.06. The lowest BCUT2D eigenvalue weighted by Gasteiger charge is -2.31. The highest BCUT2D eigenvalue weighted by Crippen LogP contribution is 2.32. The third-order valence-electron chi connectivity index (χ3n) is 5.43. The van der Waals surface area contributed by atoms with Crippen molar-refractivity contribution in [3.8, 4) is 0 Å². The zero-order valence-corrected chi connectivity index (χ0v) is 14.4. The first-order valence-electron chi connectivity index (χ1n) is 8.85. The second-order valence-electron chi connectivity index (χ2n) is 6.98. The van der Waals surface area contributed by atoms with Crippen molar-refractivity contribution in [1.82, 2.24) is 4.90 Å². The lowest BCUT2D eigenvalue weighted by Crippen LogP contribution is -2.46. The van der Waals surface area contributed by atoms with Crippen LogP contribution in [0.1, 0.15) is 32.1 Å². The van der Waals surface area contributed by atoms with E-state index in [-0.39, 0.29) is 17.7 Å². The number of aliphatic carboxylic acids is 1. The molecule has 3 atom stereocenters. The van der Waals surface area contributed by atoms with Crippen molar-refractivity contribution < 1.29 is 19.5 Å². The summed E-state index contributed by atoms with van der Waals surface area (Å²) in [7, 11) is 1.67. The third-order valence-corrected chi connectivity index (χ3v) is 5.43. The van der Waals surface area contributed by atoms with Crippen LogP contribution in [0.4, 0.5) is 5.69 Å². The highest BCUT2D eigenvalue weighted by molar-refractivity contribution is 6.01. The molecule has 1 saturated heterocycles. The van der Waals surface area contributed by atoms with Gasteiger partial charge in [0, 0.05) is 25.2 Å². The number of carboxylic acids is 1. The van der Waals surface area contributed by atoms with Crippen molar-refractivity contribution in [2.75, 3.05) is 18.5 Å².